The summed E-state index contributed by atoms with van der Waals surface area (Å²) in [5.41, 5.74) is 5.56. The number of hydrogen-bond donors (Lipinski definition) is 1. The van der Waals surface area contributed by atoms with E-state index >= 15 is 0 Å². The summed E-state index contributed by atoms with van der Waals surface area (Å²) in [7, 11) is 0. The smallest absolute Gasteiger partial charge is 0.119 e. The highest BCUT2D eigenvalue weighted by Crippen LogP contribution is 2.20. The van der Waals surface area contributed by atoms with Gasteiger partial charge in [-0.1, -0.05) is 35.4 Å². The first-order valence-corrected chi connectivity index (χ1v) is 6.91. The van der Waals surface area contributed by atoms with Crippen molar-refractivity contribution in [2.45, 2.75) is 33.8 Å². The van der Waals surface area contributed by atoms with Crippen molar-refractivity contribution in [1.82, 2.24) is 0 Å². The van der Waals surface area contributed by atoms with E-state index in [2.05, 4.69) is 12.1 Å². The second-order valence-electron chi connectivity index (χ2n) is 5.57. The molecule has 2 nitrogen and oxygen atoms in total. The van der Waals surface area contributed by atoms with Gasteiger partial charge in [0.2, 0.25) is 0 Å². The van der Waals surface area contributed by atoms with Gasteiger partial charge >= 0.3 is 0 Å². The minimum atomic E-state index is -0.602. The van der Waals surface area contributed by atoms with Crippen LogP contribution in [0, 0.1) is 27.7 Å². The molecule has 0 bridgehead atoms. The SMILES string of the molecule is Cc1cc(C)cc(OCC(O)c2cc(C)cc(C)c2)c1. The molecule has 1 unspecified atom stereocenters. The number of aliphatic hydroxyl groups is 1. The van der Waals surface area contributed by atoms with E-state index in [1.165, 1.54) is 11.1 Å². The molecule has 0 amide bonds. The van der Waals surface area contributed by atoms with Crippen molar-refractivity contribution >= 4 is 0 Å². The minimum Gasteiger partial charge on any atom is -0.491 e. The van der Waals surface area contributed by atoms with E-state index in [1.54, 1.807) is 0 Å². The van der Waals surface area contributed by atoms with Crippen LogP contribution in [0.5, 0.6) is 5.75 Å². The first kappa shape index (κ1) is 14.6. The first-order valence-electron chi connectivity index (χ1n) is 6.91. The van der Waals surface area contributed by atoms with Gasteiger partial charge in [-0.25, -0.2) is 0 Å². The van der Waals surface area contributed by atoms with Crippen LogP contribution in [-0.4, -0.2) is 11.7 Å². The predicted octanol–water partition coefficient (Wildman–Crippen LogP) is 4.03. The third-order valence-electron chi connectivity index (χ3n) is 3.23. The highest BCUT2D eigenvalue weighted by molar-refractivity contribution is 5.33. The molecular weight excluding hydrogens is 248 g/mol. The van der Waals surface area contributed by atoms with Crippen LogP contribution in [-0.2, 0) is 0 Å². The highest BCUT2D eigenvalue weighted by atomic mass is 16.5. The zero-order valence-electron chi connectivity index (χ0n) is 12.6. The molecule has 0 radical (unpaired) electrons. The van der Waals surface area contributed by atoms with Gasteiger partial charge in [-0.15, -0.1) is 0 Å². The minimum absolute atomic E-state index is 0.270. The molecule has 0 heterocycles. The zero-order chi connectivity index (χ0) is 14.7. The molecule has 2 rings (SSSR count). The van der Waals surface area contributed by atoms with E-state index in [-0.39, 0.29) is 6.61 Å². The lowest BCUT2D eigenvalue weighted by Gasteiger charge is -2.15. The number of aliphatic hydroxyl groups excluding tert-OH is 1. The second-order valence-corrected chi connectivity index (χ2v) is 5.57. The van der Waals surface area contributed by atoms with Crippen molar-refractivity contribution in [3.63, 3.8) is 0 Å². The van der Waals surface area contributed by atoms with Crippen LogP contribution < -0.4 is 4.74 Å². The van der Waals surface area contributed by atoms with Crippen LogP contribution >= 0.6 is 0 Å². The Bertz CT molecular complexity index is 562. The summed E-state index contributed by atoms with van der Waals surface area (Å²) in [5, 5.41) is 10.2. The van der Waals surface area contributed by atoms with E-state index in [4.69, 9.17) is 4.74 Å². The van der Waals surface area contributed by atoms with E-state index in [9.17, 15) is 5.11 Å². The predicted molar refractivity (Wildman–Crippen MR) is 82.3 cm³/mol. The van der Waals surface area contributed by atoms with Crippen LogP contribution in [0.2, 0.25) is 0 Å². The van der Waals surface area contributed by atoms with Crippen molar-refractivity contribution in [3.05, 3.63) is 64.2 Å². The lowest BCUT2D eigenvalue weighted by molar-refractivity contribution is 0.108. The average molecular weight is 270 g/mol. The molecule has 0 aliphatic rings. The van der Waals surface area contributed by atoms with Gasteiger partial charge in [-0.2, -0.15) is 0 Å². The fourth-order valence-corrected chi connectivity index (χ4v) is 2.49. The number of rotatable bonds is 4. The fraction of sp³-hybridized carbons (Fsp3) is 0.333. The molecule has 0 aromatic heterocycles. The van der Waals surface area contributed by atoms with E-state index in [1.807, 2.05) is 52.0 Å². The molecule has 1 N–H and O–H groups in total. The number of aryl methyl sites for hydroxylation is 4. The quantitative estimate of drug-likeness (QED) is 0.908. The van der Waals surface area contributed by atoms with Crippen LogP contribution in [0.25, 0.3) is 0 Å². The molecule has 0 spiro atoms. The third kappa shape index (κ3) is 3.84. The maximum atomic E-state index is 10.2. The van der Waals surface area contributed by atoms with Crippen molar-refractivity contribution in [3.8, 4) is 5.75 Å². The summed E-state index contributed by atoms with van der Waals surface area (Å²) in [6.45, 7) is 8.42. The third-order valence-corrected chi connectivity index (χ3v) is 3.23. The standard InChI is InChI=1S/C18H22O2/c1-12-5-13(2)8-16(7-12)18(19)11-20-17-9-14(3)6-15(4)10-17/h5-10,18-19H,11H2,1-4H3. The van der Waals surface area contributed by atoms with Crippen molar-refractivity contribution < 1.29 is 9.84 Å². The molecule has 2 heteroatoms. The summed E-state index contributed by atoms with van der Waals surface area (Å²) in [6.07, 6.45) is -0.602. The maximum absolute atomic E-state index is 10.2. The summed E-state index contributed by atoms with van der Waals surface area (Å²) >= 11 is 0. The van der Waals surface area contributed by atoms with Gasteiger partial charge in [0.1, 0.15) is 18.5 Å². The summed E-state index contributed by atoms with van der Waals surface area (Å²) in [6, 6.07) is 12.2. The number of ether oxygens (including phenoxy) is 1. The molecule has 0 aliphatic heterocycles. The highest BCUT2D eigenvalue weighted by Gasteiger charge is 2.10. The van der Waals surface area contributed by atoms with Gasteiger partial charge in [0, 0.05) is 0 Å². The van der Waals surface area contributed by atoms with Gasteiger partial charge in [0.05, 0.1) is 0 Å². The van der Waals surface area contributed by atoms with Crippen LogP contribution in [0.4, 0.5) is 0 Å². The normalized spacial score (nSPS) is 12.2. The molecule has 2 aromatic carbocycles. The molecule has 0 saturated carbocycles. The Hall–Kier alpha value is -1.80. The Balaban J connectivity index is 2.06. The Morgan fingerprint density at radius 2 is 1.25 bits per heavy atom. The van der Waals surface area contributed by atoms with Gasteiger partial charge in [0.15, 0.2) is 0 Å². The van der Waals surface area contributed by atoms with Crippen molar-refractivity contribution in [2.24, 2.45) is 0 Å². The van der Waals surface area contributed by atoms with Crippen LogP contribution in [0.15, 0.2) is 36.4 Å². The van der Waals surface area contributed by atoms with Crippen LogP contribution in [0.1, 0.15) is 33.9 Å². The zero-order valence-corrected chi connectivity index (χ0v) is 12.6. The monoisotopic (exact) mass is 270 g/mol. The van der Waals surface area contributed by atoms with E-state index in [0.717, 1.165) is 22.4 Å². The van der Waals surface area contributed by atoms with E-state index in [0.29, 0.717) is 0 Å². The molecule has 1 atom stereocenters. The fourth-order valence-electron chi connectivity index (χ4n) is 2.49. The largest absolute Gasteiger partial charge is 0.491 e. The van der Waals surface area contributed by atoms with Gasteiger partial charge < -0.3 is 9.84 Å². The Kier molecular flexibility index (Phi) is 4.46. The lowest BCUT2D eigenvalue weighted by atomic mass is 10.0. The van der Waals surface area contributed by atoms with Gasteiger partial charge in [-0.05, 0) is 56.5 Å². The Morgan fingerprint density at radius 3 is 1.75 bits per heavy atom. The summed E-state index contributed by atoms with van der Waals surface area (Å²) < 4.78 is 5.71. The lowest BCUT2D eigenvalue weighted by Crippen LogP contribution is -2.10. The van der Waals surface area contributed by atoms with Crippen molar-refractivity contribution in [2.75, 3.05) is 6.61 Å². The molecule has 20 heavy (non-hydrogen) atoms. The topological polar surface area (TPSA) is 29.5 Å². The second kappa shape index (κ2) is 6.10. The average Bonchev–Trinajstić information content (AvgIpc) is 2.33. The van der Waals surface area contributed by atoms with Crippen molar-refractivity contribution in [1.29, 1.82) is 0 Å². The summed E-state index contributed by atoms with van der Waals surface area (Å²) in [5.74, 6) is 0.811. The Morgan fingerprint density at radius 1 is 0.800 bits per heavy atom. The van der Waals surface area contributed by atoms with Crippen LogP contribution in [0.3, 0.4) is 0 Å². The number of benzene rings is 2. The molecular formula is C18H22O2. The number of hydrogen-bond acceptors (Lipinski definition) is 2. The molecule has 2 aromatic rings. The van der Waals surface area contributed by atoms with Gasteiger partial charge in [-0.3, -0.25) is 0 Å². The Labute approximate surface area is 121 Å². The first-order chi connectivity index (χ1) is 9.44. The van der Waals surface area contributed by atoms with Gasteiger partial charge in [0.25, 0.3) is 0 Å². The molecule has 0 fully saturated rings. The maximum Gasteiger partial charge on any atom is 0.119 e. The summed E-state index contributed by atoms with van der Waals surface area (Å²) in [4.78, 5) is 0. The van der Waals surface area contributed by atoms with E-state index < -0.39 is 6.10 Å². The molecule has 106 valence electrons. The molecule has 0 saturated heterocycles. The molecule has 0 aliphatic carbocycles.